The summed E-state index contributed by atoms with van der Waals surface area (Å²) >= 11 is 0. The maximum Gasteiger partial charge on any atom is 0.161 e. The smallest absolute Gasteiger partial charge is 0.161 e. The molecular weight excluding hydrogens is 359 g/mol. The van der Waals surface area contributed by atoms with Gasteiger partial charge in [-0.3, -0.25) is 4.90 Å². The van der Waals surface area contributed by atoms with Gasteiger partial charge in [0.2, 0.25) is 0 Å². The van der Waals surface area contributed by atoms with E-state index >= 15 is 0 Å². The van der Waals surface area contributed by atoms with Crippen molar-refractivity contribution >= 4 is 24.8 Å². The molecule has 0 aliphatic carbocycles. The Labute approximate surface area is 164 Å². The van der Waals surface area contributed by atoms with Crippen molar-refractivity contribution in [3.05, 3.63) is 23.3 Å². The first-order valence-corrected chi connectivity index (χ1v) is 8.77. The van der Waals surface area contributed by atoms with Gasteiger partial charge in [0.25, 0.3) is 0 Å². The summed E-state index contributed by atoms with van der Waals surface area (Å²) in [5.41, 5.74) is 9.30. The molecule has 0 radical (unpaired) electrons. The lowest BCUT2D eigenvalue weighted by Crippen LogP contribution is -2.51. The van der Waals surface area contributed by atoms with Crippen LogP contribution in [0.2, 0.25) is 0 Å². The lowest BCUT2D eigenvalue weighted by atomic mass is 9.78. The van der Waals surface area contributed by atoms with Gasteiger partial charge in [-0.15, -0.1) is 24.8 Å². The number of rotatable bonds is 4. The van der Waals surface area contributed by atoms with Crippen LogP contribution in [0.1, 0.15) is 43.9 Å². The van der Waals surface area contributed by atoms with Crippen LogP contribution in [0.25, 0.3) is 0 Å². The van der Waals surface area contributed by atoms with Gasteiger partial charge in [0.1, 0.15) is 0 Å². The molecular formula is C19H32Cl2N2O2. The van der Waals surface area contributed by atoms with E-state index in [1.165, 1.54) is 17.5 Å². The molecule has 3 atom stereocenters. The van der Waals surface area contributed by atoms with Crippen molar-refractivity contribution in [3.8, 4) is 11.5 Å². The number of fused-ring (bicyclic) bond motifs is 3. The van der Waals surface area contributed by atoms with Crippen LogP contribution in [0.3, 0.4) is 0 Å². The Kier molecular flexibility index (Phi) is 8.33. The minimum atomic E-state index is 0. The normalized spacial score (nSPS) is 25.3. The Hall–Kier alpha value is -0.680. The molecule has 2 aliphatic rings. The van der Waals surface area contributed by atoms with Gasteiger partial charge >= 0.3 is 0 Å². The predicted molar refractivity (Wildman–Crippen MR) is 108 cm³/mol. The van der Waals surface area contributed by atoms with Crippen molar-refractivity contribution in [1.82, 2.24) is 4.90 Å². The number of piperidine rings is 1. The Morgan fingerprint density at radius 3 is 2.40 bits per heavy atom. The van der Waals surface area contributed by atoms with Crippen molar-refractivity contribution in [2.24, 2.45) is 17.6 Å². The Balaban J connectivity index is 0.00000156. The molecule has 0 amide bonds. The zero-order chi connectivity index (χ0) is 16.6. The van der Waals surface area contributed by atoms with E-state index in [-0.39, 0.29) is 30.9 Å². The quantitative estimate of drug-likeness (QED) is 0.847. The van der Waals surface area contributed by atoms with Crippen LogP contribution >= 0.6 is 24.8 Å². The molecule has 3 rings (SSSR count). The second-order valence-electron chi connectivity index (χ2n) is 7.46. The van der Waals surface area contributed by atoms with E-state index < -0.39 is 0 Å². The van der Waals surface area contributed by atoms with E-state index in [9.17, 15) is 0 Å². The topological polar surface area (TPSA) is 47.7 Å². The van der Waals surface area contributed by atoms with E-state index in [1.54, 1.807) is 14.2 Å². The molecule has 4 nitrogen and oxygen atoms in total. The zero-order valence-corrected chi connectivity index (χ0v) is 17.3. The van der Waals surface area contributed by atoms with Gasteiger partial charge < -0.3 is 15.2 Å². The summed E-state index contributed by atoms with van der Waals surface area (Å²) < 4.78 is 11.0. The Morgan fingerprint density at radius 1 is 1.16 bits per heavy atom. The van der Waals surface area contributed by atoms with Gasteiger partial charge in [-0.2, -0.15) is 0 Å². The molecule has 0 saturated carbocycles. The molecule has 25 heavy (non-hydrogen) atoms. The van der Waals surface area contributed by atoms with Gasteiger partial charge in [0.15, 0.2) is 11.5 Å². The molecule has 0 bridgehead atoms. The van der Waals surface area contributed by atoms with Gasteiger partial charge in [0, 0.05) is 25.2 Å². The van der Waals surface area contributed by atoms with Crippen LogP contribution in [0.5, 0.6) is 11.5 Å². The zero-order valence-electron chi connectivity index (χ0n) is 15.7. The third kappa shape index (κ3) is 4.54. The Morgan fingerprint density at radius 2 is 1.80 bits per heavy atom. The van der Waals surface area contributed by atoms with Crippen molar-refractivity contribution in [3.63, 3.8) is 0 Å². The molecule has 1 saturated heterocycles. The maximum absolute atomic E-state index is 6.54. The van der Waals surface area contributed by atoms with E-state index in [4.69, 9.17) is 15.2 Å². The molecule has 1 unspecified atom stereocenters. The van der Waals surface area contributed by atoms with Crippen LogP contribution in [0, 0.1) is 11.8 Å². The molecule has 144 valence electrons. The lowest BCUT2D eigenvalue weighted by Gasteiger charge is -2.46. The number of hydrogen-bond donors (Lipinski definition) is 1. The van der Waals surface area contributed by atoms with Gasteiger partial charge in [-0.25, -0.2) is 0 Å². The molecule has 6 heteroatoms. The standard InChI is InChI=1S/C19H30N2O2.2ClH/c1-12(2)7-14-11-21-6-5-13-8-18(22-3)19(23-4)9-15(13)17(21)10-16(14)20;;/h8-9,12,14,16-17H,5-7,10-11,20H2,1-4H3;2*1H/t14-,16+,17?;;/m0../s1. The summed E-state index contributed by atoms with van der Waals surface area (Å²) in [5.74, 6) is 2.99. The average Bonchev–Trinajstić information content (AvgIpc) is 2.53. The fourth-order valence-electron chi connectivity index (χ4n) is 4.32. The second-order valence-corrected chi connectivity index (χ2v) is 7.46. The number of ether oxygens (including phenoxy) is 2. The number of nitrogens with zero attached hydrogens (tertiary/aromatic N) is 1. The monoisotopic (exact) mass is 390 g/mol. The number of halogens is 2. The first-order valence-electron chi connectivity index (χ1n) is 8.77. The van der Waals surface area contributed by atoms with Crippen LogP contribution in [0.4, 0.5) is 0 Å². The molecule has 2 heterocycles. The summed E-state index contributed by atoms with van der Waals surface area (Å²) in [6.45, 7) is 6.83. The van der Waals surface area contributed by atoms with E-state index in [2.05, 4.69) is 30.9 Å². The minimum absolute atomic E-state index is 0. The molecule has 1 aromatic rings. The Bertz CT molecular complexity index is 569. The highest BCUT2D eigenvalue weighted by Crippen LogP contribution is 2.43. The van der Waals surface area contributed by atoms with Crippen molar-refractivity contribution in [2.45, 2.75) is 45.2 Å². The highest BCUT2D eigenvalue weighted by Gasteiger charge is 2.38. The van der Waals surface area contributed by atoms with Crippen LogP contribution in [0.15, 0.2) is 12.1 Å². The average molecular weight is 391 g/mol. The number of methoxy groups -OCH3 is 2. The summed E-state index contributed by atoms with van der Waals surface area (Å²) in [4.78, 5) is 2.63. The van der Waals surface area contributed by atoms with Gasteiger partial charge in [-0.05, 0) is 54.4 Å². The molecule has 0 spiro atoms. The lowest BCUT2D eigenvalue weighted by molar-refractivity contribution is 0.0739. The third-order valence-electron chi connectivity index (χ3n) is 5.46. The van der Waals surface area contributed by atoms with Crippen molar-refractivity contribution in [2.75, 3.05) is 27.3 Å². The fourth-order valence-corrected chi connectivity index (χ4v) is 4.32. The number of nitrogens with two attached hydrogens (primary N) is 1. The highest BCUT2D eigenvalue weighted by molar-refractivity contribution is 5.85. The van der Waals surface area contributed by atoms with Crippen LogP contribution in [-0.2, 0) is 6.42 Å². The SMILES string of the molecule is COc1cc2c(cc1OC)C1C[C@@H](N)[C@@H](CC(C)C)CN1CC2.Cl.Cl. The molecule has 0 aromatic heterocycles. The molecule has 2 N–H and O–H groups in total. The highest BCUT2D eigenvalue weighted by atomic mass is 35.5. The molecule has 1 fully saturated rings. The molecule has 1 aromatic carbocycles. The third-order valence-corrected chi connectivity index (χ3v) is 5.46. The van der Waals surface area contributed by atoms with Gasteiger partial charge in [-0.1, -0.05) is 13.8 Å². The summed E-state index contributed by atoms with van der Waals surface area (Å²) in [6, 6.07) is 5.03. The fraction of sp³-hybridized carbons (Fsp3) is 0.684. The largest absolute Gasteiger partial charge is 0.493 e. The van der Waals surface area contributed by atoms with Gasteiger partial charge in [0.05, 0.1) is 14.2 Å². The summed E-state index contributed by atoms with van der Waals surface area (Å²) in [5, 5.41) is 0. The summed E-state index contributed by atoms with van der Waals surface area (Å²) in [6.07, 6.45) is 3.35. The first kappa shape index (κ1) is 22.4. The summed E-state index contributed by atoms with van der Waals surface area (Å²) in [7, 11) is 3.41. The maximum atomic E-state index is 6.54. The molecule has 2 aliphatic heterocycles. The number of hydrogen-bond acceptors (Lipinski definition) is 4. The predicted octanol–water partition coefficient (Wildman–Crippen LogP) is 3.84. The number of benzene rings is 1. The first-order chi connectivity index (χ1) is 11.0. The van der Waals surface area contributed by atoms with E-state index in [0.29, 0.717) is 17.9 Å². The van der Waals surface area contributed by atoms with E-state index in [0.717, 1.165) is 37.4 Å². The van der Waals surface area contributed by atoms with Crippen molar-refractivity contribution in [1.29, 1.82) is 0 Å². The van der Waals surface area contributed by atoms with Crippen LogP contribution in [-0.4, -0.2) is 38.3 Å². The second kappa shape index (κ2) is 9.31. The minimum Gasteiger partial charge on any atom is -0.493 e. The van der Waals surface area contributed by atoms with Crippen molar-refractivity contribution < 1.29 is 9.47 Å². The van der Waals surface area contributed by atoms with E-state index in [1.807, 2.05) is 0 Å². The van der Waals surface area contributed by atoms with Crippen LogP contribution < -0.4 is 15.2 Å².